The molecule has 7 nitrogen and oxygen atoms in total. The molecule has 3 rings (SSSR count). The summed E-state index contributed by atoms with van der Waals surface area (Å²) in [5.74, 6) is -0.655. The number of pyridine rings is 1. The fourth-order valence-electron chi connectivity index (χ4n) is 2.87. The van der Waals surface area contributed by atoms with Crippen LogP contribution < -0.4 is 5.69 Å². The highest BCUT2D eigenvalue weighted by Crippen LogP contribution is 2.34. The number of hydrogen-bond donors (Lipinski definition) is 2. The lowest BCUT2D eigenvalue weighted by Crippen LogP contribution is -2.40. The van der Waals surface area contributed by atoms with E-state index in [4.69, 9.17) is 11.6 Å². The molecule has 0 saturated carbocycles. The van der Waals surface area contributed by atoms with Crippen LogP contribution in [-0.4, -0.2) is 44.1 Å². The van der Waals surface area contributed by atoms with Crippen LogP contribution in [0, 0.1) is 0 Å². The van der Waals surface area contributed by atoms with Gasteiger partial charge in [-0.1, -0.05) is 11.6 Å². The first kappa shape index (κ1) is 17.5. The number of amides is 1. The molecule has 0 radical (unpaired) electrons. The molecule has 1 atom stereocenters. The fraction of sp³-hybridized carbons (Fsp3) is 0.429. The highest BCUT2D eigenvalue weighted by Gasteiger charge is 2.38. The van der Waals surface area contributed by atoms with E-state index in [1.54, 1.807) is 0 Å². The zero-order valence-electron chi connectivity index (χ0n) is 12.7. The fourth-order valence-corrected chi connectivity index (χ4v) is 3.02. The zero-order valence-corrected chi connectivity index (χ0v) is 13.5. The molecule has 25 heavy (non-hydrogen) atoms. The highest BCUT2D eigenvalue weighted by molar-refractivity contribution is 6.29. The molecule has 3 heterocycles. The predicted molar refractivity (Wildman–Crippen MR) is 81.3 cm³/mol. The van der Waals surface area contributed by atoms with Crippen molar-refractivity contribution in [3.05, 3.63) is 44.9 Å². The molecular weight excluding hydrogens is 363 g/mol. The number of aromatic nitrogens is 4. The molecule has 0 spiro atoms. The minimum Gasteiger partial charge on any atom is -0.338 e. The van der Waals surface area contributed by atoms with Crippen LogP contribution in [0.3, 0.4) is 0 Å². The lowest BCUT2D eigenvalue weighted by molar-refractivity contribution is -0.138. The molecule has 1 unspecified atom stereocenters. The van der Waals surface area contributed by atoms with Gasteiger partial charge in [-0.05, 0) is 18.9 Å². The minimum absolute atomic E-state index is 0.152. The van der Waals surface area contributed by atoms with Crippen molar-refractivity contribution in [1.82, 2.24) is 25.1 Å². The summed E-state index contributed by atoms with van der Waals surface area (Å²) in [6.45, 7) is 0.462. The molecule has 1 fully saturated rings. The topological polar surface area (TPSA) is 94.7 Å². The summed E-state index contributed by atoms with van der Waals surface area (Å²) < 4.78 is 39.6. The molecule has 2 N–H and O–H groups in total. The number of nitrogens with zero attached hydrogens (tertiary/aromatic N) is 3. The number of carbonyl (C=O) groups excluding carboxylic acids is 1. The Kier molecular flexibility index (Phi) is 4.55. The number of hydrogen-bond acceptors (Lipinski definition) is 4. The normalized spacial score (nSPS) is 18.4. The zero-order chi connectivity index (χ0) is 18.2. The van der Waals surface area contributed by atoms with Crippen molar-refractivity contribution in [2.75, 3.05) is 13.1 Å². The largest absolute Gasteiger partial charge is 0.417 e. The van der Waals surface area contributed by atoms with Gasteiger partial charge in [-0.25, -0.2) is 14.9 Å². The Morgan fingerprint density at radius 3 is 2.80 bits per heavy atom. The van der Waals surface area contributed by atoms with E-state index in [1.807, 2.05) is 0 Å². The second-order valence-corrected chi connectivity index (χ2v) is 6.09. The van der Waals surface area contributed by atoms with Crippen LogP contribution in [0.25, 0.3) is 0 Å². The van der Waals surface area contributed by atoms with E-state index in [0.29, 0.717) is 31.3 Å². The Hall–Kier alpha value is -2.36. The van der Waals surface area contributed by atoms with Crippen LogP contribution in [0.15, 0.2) is 17.1 Å². The predicted octanol–water partition coefficient (Wildman–Crippen LogP) is 2.18. The first-order valence-electron chi connectivity index (χ1n) is 7.42. The van der Waals surface area contributed by atoms with Gasteiger partial charge in [-0.3, -0.25) is 9.78 Å². The Morgan fingerprint density at radius 2 is 2.16 bits per heavy atom. The number of likely N-dealkylation sites (tertiary alicyclic amines) is 1. The molecule has 0 aliphatic carbocycles. The van der Waals surface area contributed by atoms with Gasteiger partial charge >= 0.3 is 11.9 Å². The summed E-state index contributed by atoms with van der Waals surface area (Å²) in [5.41, 5.74) is -2.14. The van der Waals surface area contributed by atoms with Gasteiger partial charge < -0.3 is 4.90 Å². The van der Waals surface area contributed by atoms with Gasteiger partial charge in [0.2, 0.25) is 0 Å². The van der Waals surface area contributed by atoms with E-state index < -0.39 is 28.9 Å². The van der Waals surface area contributed by atoms with Crippen molar-refractivity contribution in [2.24, 2.45) is 0 Å². The van der Waals surface area contributed by atoms with Crippen molar-refractivity contribution in [3.63, 3.8) is 0 Å². The molecule has 0 aromatic carbocycles. The Bertz CT molecular complexity index is 847. The number of nitrogens with one attached hydrogen (secondary N) is 2. The number of alkyl halides is 3. The Labute approximate surface area is 144 Å². The van der Waals surface area contributed by atoms with E-state index in [9.17, 15) is 22.8 Å². The summed E-state index contributed by atoms with van der Waals surface area (Å²) in [6, 6.07) is 0.640. The molecule has 11 heteroatoms. The van der Waals surface area contributed by atoms with Crippen LogP contribution in [0.4, 0.5) is 13.2 Å². The number of piperidine rings is 1. The van der Waals surface area contributed by atoms with E-state index in [1.165, 1.54) is 4.90 Å². The van der Waals surface area contributed by atoms with Crippen molar-refractivity contribution in [3.8, 4) is 0 Å². The maximum Gasteiger partial charge on any atom is 0.417 e. The molecule has 1 aliphatic rings. The summed E-state index contributed by atoms with van der Waals surface area (Å²) >= 11 is 5.54. The van der Waals surface area contributed by atoms with E-state index in [2.05, 4.69) is 20.2 Å². The number of H-pyrrole nitrogens is 2. The van der Waals surface area contributed by atoms with Gasteiger partial charge in [0.25, 0.3) is 5.91 Å². The summed E-state index contributed by atoms with van der Waals surface area (Å²) in [7, 11) is 0. The van der Waals surface area contributed by atoms with Crippen molar-refractivity contribution >= 4 is 17.5 Å². The third-order valence-corrected chi connectivity index (χ3v) is 4.23. The van der Waals surface area contributed by atoms with E-state index in [0.717, 1.165) is 6.20 Å². The SMILES string of the molecule is O=C(c1cnc(Cl)cc1C(F)(F)F)N1CCCC(c2n[nH]c(=O)[nH]2)C1. The standard InChI is InChI=1S/C14H13ClF3N5O2/c15-10-4-9(14(16,17)18)8(5-19-10)12(24)23-3-1-2-7(6-23)11-20-13(25)22-21-11/h4-5,7H,1-3,6H2,(H2,20,21,22,25). The molecular formula is C14H13ClF3N5O2. The van der Waals surface area contributed by atoms with Gasteiger partial charge in [-0.2, -0.15) is 18.3 Å². The Balaban J connectivity index is 1.87. The first-order valence-corrected chi connectivity index (χ1v) is 7.80. The maximum absolute atomic E-state index is 13.2. The molecule has 2 aromatic heterocycles. The average Bonchev–Trinajstić information content (AvgIpc) is 3.00. The van der Waals surface area contributed by atoms with Gasteiger partial charge in [0.1, 0.15) is 11.0 Å². The lowest BCUT2D eigenvalue weighted by Gasteiger charge is -2.32. The highest BCUT2D eigenvalue weighted by atomic mass is 35.5. The second-order valence-electron chi connectivity index (χ2n) is 5.70. The number of halogens is 4. The molecule has 134 valence electrons. The van der Waals surface area contributed by atoms with Crippen LogP contribution in [-0.2, 0) is 6.18 Å². The summed E-state index contributed by atoms with van der Waals surface area (Å²) in [5, 5.41) is 5.73. The van der Waals surface area contributed by atoms with Gasteiger partial charge in [0.15, 0.2) is 0 Å². The van der Waals surface area contributed by atoms with Crippen LogP contribution in [0.2, 0.25) is 5.15 Å². The first-order chi connectivity index (χ1) is 11.8. The van der Waals surface area contributed by atoms with Crippen LogP contribution in [0.5, 0.6) is 0 Å². The minimum atomic E-state index is -4.72. The molecule has 1 saturated heterocycles. The monoisotopic (exact) mass is 375 g/mol. The second kappa shape index (κ2) is 6.51. The average molecular weight is 376 g/mol. The number of rotatable bonds is 2. The van der Waals surface area contributed by atoms with Crippen LogP contribution in [0.1, 0.15) is 40.5 Å². The maximum atomic E-state index is 13.2. The summed E-state index contributed by atoms with van der Waals surface area (Å²) in [6.07, 6.45) is -2.64. The third-order valence-electron chi connectivity index (χ3n) is 4.02. The Morgan fingerprint density at radius 1 is 1.40 bits per heavy atom. The third kappa shape index (κ3) is 3.68. The lowest BCUT2D eigenvalue weighted by atomic mass is 9.96. The van der Waals surface area contributed by atoms with Crippen molar-refractivity contribution < 1.29 is 18.0 Å². The summed E-state index contributed by atoms with van der Waals surface area (Å²) in [4.78, 5) is 31.2. The van der Waals surface area contributed by atoms with E-state index in [-0.39, 0.29) is 17.6 Å². The van der Waals surface area contributed by atoms with Crippen molar-refractivity contribution in [1.29, 1.82) is 0 Å². The van der Waals surface area contributed by atoms with Crippen molar-refractivity contribution in [2.45, 2.75) is 24.9 Å². The van der Waals surface area contributed by atoms with Gasteiger partial charge in [0.05, 0.1) is 11.1 Å². The quantitative estimate of drug-likeness (QED) is 0.786. The molecule has 1 amide bonds. The number of aromatic amines is 2. The van der Waals surface area contributed by atoms with Crippen LogP contribution >= 0.6 is 11.6 Å². The molecule has 0 bridgehead atoms. The number of carbonyl (C=O) groups is 1. The smallest absolute Gasteiger partial charge is 0.338 e. The van der Waals surface area contributed by atoms with Gasteiger partial charge in [0, 0.05) is 25.2 Å². The van der Waals surface area contributed by atoms with E-state index >= 15 is 0 Å². The molecule has 1 aliphatic heterocycles. The molecule has 2 aromatic rings. The van der Waals surface area contributed by atoms with Gasteiger partial charge in [-0.15, -0.1) is 0 Å².